The Bertz CT molecular complexity index is 476. The highest BCUT2D eigenvalue weighted by Gasteiger charge is 2.19. The van der Waals surface area contributed by atoms with Crippen LogP contribution in [0.3, 0.4) is 0 Å². The molecular weight excluding hydrogens is 274 g/mol. The molecular formula is C10H14BrN3O2. The first-order valence-electron chi connectivity index (χ1n) is 5.39. The second-order valence-corrected chi connectivity index (χ2v) is 4.87. The zero-order valence-corrected chi connectivity index (χ0v) is 10.4. The van der Waals surface area contributed by atoms with Gasteiger partial charge in [-0.15, -0.1) is 0 Å². The van der Waals surface area contributed by atoms with E-state index in [0.717, 1.165) is 13.0 Å². The summed E-state index contributed by atoms with van der Waals surface area (Å²) in [5.74, 6) is 0. The highest BCUT2D eigenvalue weighted by molar-refractivity contribution is 9.10. The fourth-order valence-electron chi connectivity index (χ4n) is 1.49. The minimum atomic E-state index is -0.377. The first-order valence-corrected chi connectivity index (χ1v) is 6.19. The largest absolute Gasteiger partial charge is 0.328 e. The molecule has 0 unspecified atom stereocenters. The molecule has 0 radical (unpaired) electrons. The lowest BCUT2D eigenvalue weighted by Gasteiger charge is -2.05. The van der Waals surface area contributed by atoms with Crippen molar-refractivity contribution in [2.75, 3.05) is 6.54 Å². The lowest BCUT2D eigenvalue weighted by Crippen LogP contribution is -2.30. The van der Waals surface area contributed by atoms with Gasteiger partial charge in [-0.05, 0) is 41.7 Å². The average Bonchev–Trinajstić information content (AvgIpc) is 3.04. The highest BCUT2D eigenvalue weighted by Crippen LogP contribution is 2.18. The van der Waals surface area contributed by atoms with Gasteiger partial charge in [0.05, 0.1) is 4.47 Å². The predicted octanol–water partition coefficient (Wildman–Crippen LogP) is 0.441. The molecule has 1 aromatic heterocycles. The molecule has 88 valence electrons. The summed E-state index contributed by atoms with van der Waals surface area (Å²) < 4.78 is 1.90. The zero-order valence-electron chi connectivity index (χ0n) is 8.83. The number of rotatable bonds is 5. The smallest absolute Gasteiger partial charge is 0.314 e. The summed E-state index contributed by atoms with van der Waals surface area (Å²) in [5, 5.41) is 3.37. The summed E-state index contributed by atoms with van der Waals surface area (Å²) in [5.41, 5.74) is -0.725. The minimum absolute atomic E-state index is 0.348. The minimum Gasteiger partial charge on any atom is -0.314 e. The molecule has 16 heavy (non-hydrogen) atoms. The van der Waals surface area contributed by atoms with Crippen LogP contribution in [0.25, 0.3) is 0 Å². The summed E-state index contributed by atoms with van der Waals surface area (Å²) in [7, 11) is 0. The standard InChI is InChI=1S/C10H14BrN3O2/c11-8-6-14(10(16)13-9(8)15)5-1-4-12-7-2-3-7/h6-7,12H,1-5H2,(H,13,15,16). The number of aromatic amines is 1. The maximum absolute atomic E-state index is 11.4. The summed E-state index contributed by atoms with van der Waals surface area (Å²) in [6, 6.07) is 0.694. The molecule has 0 spiro atoms. The van der Waals surface area contributed by atoms with Gasteiger partial charge in [-0.3, -0.25) is 14.3 Å². The molecule has 0 saturated heterocycles. The Balaban J connectivity index is 1.90. The van der Waals surface area contributed by atoms with Gasteiger partial charge in [-0.1, -0.05) is 0 Å². The number of H-pyrrole nitrogens is 1. The van der Waals surface area contributed by atoms with Gasteiger partial charge in [0.2, 0.25) is 0 Å². The van der Waals surface area contributed by atoms with E-state index in [9.17, 15) is 9.59 Å². The van der Waals surface area contributed by atoms with Crippen molar-refractivity contribution in [1.82, 2.24) is 14.9 Å². The van der Waals surface area contributed by atoms with E-state index in [2.05, 4.69) is 26.2 Å². The molecule has 0 aliphatic heterocycles. The molecule has 2 N–H and O–H groups in total. The van der Waals surface area contributed by atoms with Crippen LogP contribution in [-0.2, 0) is 6.54 Å². The number of hydrogen-bond acceptors (Lipinski definition) is 3. The fourth-order valence-corrected chi connectivity index (χ4v) is 1.84. The second kappa shape index (κ2) is 4.97. The van der Waals surface area contributed by atoms with Crippen LogP contribution in [0.1, 0.15) is 19.3 Å². The van der Waals surface area contributed by atoms with Crippen LogP contribution in [0.4, 0.5) is 0 Å². The monoisotopic (exact) mass is 287 g/mol. The van der Waals surface area contributed by atoms with Crippen molar-refractivity contribution in [3.8, 4) is 0 Å². The van der Waals surface area contributed by atoms with Crippen molar-refractivity contribution in [1.29, 1.82) is 0 Å². The van der Waals surface area contributed by atoms with Gasteiger partial charge < -0.3 is 5.32 Å². The SMILES string of the molecule is O=c1[nH]c(=O)n(CCCNC2CC2)cc1Br. The van der Waals surface area contributed by atoms with Gasteiger partial charge >= 0.3 is 5.69 Å². The lowest BCUT2D eigenvalue weighted by atomic mass is 10.4. The number of nitrogens with one attached hydrogen (secondary N) is 2. The van der Waals surface area contributed by atoms with Gasteiger partial charge in [0.25, 0.3) is 5.56 Å². The molecule has 0 amide bonds. The van der Waals surface area contributed by atoms with Crippen LogP contribution < -0.4 is 16.6 Å². The molecule has 0 aromatic carbocycles. The number of aromatic nitrogens is 2. The molecule has 1 fully saturated rings. The molecule has 0 atom stereocenters. The molecule has 1 saturated carbocycles. The molecule has 6 heteroatoms. The summed E-state index contributed by atoms with van der Waals surface area (Å²) in [6.45, 7) is 1.53. The number of nitrogens with zero attached hydrogens (tertiary/aromatic N) is 1. The Morgan fingerprint density at radius 3 is 2.94 bits per heavy atom. The van der Waals surface area contributed by atoms with Gasteiger partial charge in [-0.25, -0.2) is 4.79 Å². The topological polar surface area (TPSA) is 66.9 Å². The van der Waals surface area contributed by atoms with Crippen LogP contribution in [0.5, 0.6) is 0 Å². The summed E-state index contributed by atoms with van der Waals surface area (Å²) in [6.07, 6.45) is 4.96. The molecule has 0 bridgehead atoms. The van der Waals surface area contributed by atoms with Crippen LogP contribution in [0, 0.1) is 0 Å². The normalized spacial score (nSPS) is 15.3. The first kappa shape index (κ1) is 11.6. The van der Waals surface area contributed by atoms with Crippen LogP contribution in [0.2, 0.25) is 0 Å². The van der Waals surface area contributed by atoms with Crippen molar-refractivity contribution in [2.45, 2.75) is 31.8 Å². The average molecular weight is 288 g/mol. The van der Waals surface area contributed by atoms with Gasteiger partial charge in [-0.2, -0.15) is 0 Å². The zero-order chi connectivity index (χ0) is 11.5. The van der Waals surface area contributed by atoms with Crippen molar-refractivity contribution >= 4 is 15.9 Å². The number of aryl methyl sites for hydroxylation is 1. The summed E-state index contributed by atoms with van der Waals surface area (Å²) >= 11 is 3.10. The molecule has 1 heterocycles. The van der Waals surface area contributed by atoms with Crippen LogP contribution in [-0.4, -0.2) is 22.1 Å². The first-order chi connectivity index (χ1) is 7.66. The van der Waals surface area contributed by atoms with E-state index in [-0.39, 0.29) is 11.2 Å². The number of hydrogen-bond donors (Lipinski definition) is 2. The van der Waals surface area contributed by atoms with Crippen molar-refractivity contribution in [3.05, 3.63) is 31.5 Å². The van der Waals surface area contributed by atoms with Gasteiger partial charge in [0.15, 0.2) is 0 Å². The molecule has 5 nitrogen and oxygen atoms in total. The van der Waals surface area contributed by atoms with Crippen molar-refractivity contribution < 1.29 is 0 Å². The lowest BCUT2D eigenvalue weighted by molar-refractivity contribution is 0.558. The second-order valence-electron chi connectivity index (χ2n) is 4.01. The Kier molecular flexibility index (Phi) is 3.60. The van der Waals surface area contributed by atoms with E-state index in [1.807, 2.05) is 0 Å². The highest BCUT2D eigenvalue weighted by atomic mass is 79.9. The van der Waals surface area contributed by atoms with E-state index < -0.39 is 0 Å². The molecule has 1 aromatic rings. The number of halogens is 1. The van der Waals surface area contributed by atoms with Crippen LogP contribution >= 0.6 is 15.9 Å². The Morgan fingerprint density at radius 1 is 1.50 bits per heavy atom. The Morgan fingerprint density at radius 2 is 2.25 bits per heavy atom. The van der Waals surface area contributed by atoms with Crippen LogP contribution in [0.15, 0.2) is 20.3 Å². The van der Waals surface area contributed by atoms with Crippen molar-refractivity contribution in [2.24, 2.45) is 0 Å². The molecule has 1 aliphatic rings. The third kappa shape index (κ3) is 3.05. The van der Waals surface area contributed by atoms with E-state index in [1.54, 1.807) is 0 Å². The van der Waals surface area contributed by atoms with E-state index in [4.69, 9.17) is 0 Å². The Hall–Kier alpha value is -0.880. The maximum atomic E-state index is 11.4. The predicted molar refractivity (Wildman–Crippen MR) is 64.7 cm³/mol. The van der Waals surface area contributed by atoms with E-state index in [0.29, 0.717) is 17.1 Å². The third-order valence-corrected chi connectivity index (χ3v) is 3.12. The van der Waals surface area contributed by atoms with Gasteiger partial charge in [0.1, 0.15) is 0 Å². The van der Waals surface area contributed by atoms with E-state index in [1.165, 1.54) is 23.6 Å². The third-order valence-electron chi connectivity index (χ3n) is 2.55. The molecule has 1 aliphatic carbocycles. The maximum Gasteiger partial charge on any atom is 0.328 e. The quantitative estimate of drug-likeness (QED) is 0.773. The van der Waals surface area contributed by atoms with Gasteiger partial charge in [0, 0.05) is 18.8 Å². The van der Waals surface area contributed by atoms with Crippen molar-refractivity contribution in [3.63, 3.8) is 0 Å². The van der Waals surface area contributed by atoms with E-state index >= 15 is 0 Å². The fraction of sp³-hybridized carbons (Fsp3) is 0.600. The molecule has 2 rings (SSSR count). The Labute approximate surface area is 101 Å². The summed E-state index contributed by atoms with van der Waals surface area (Å²) in [4.78, 5) is 24.7.